The Balaban J connectivity index is 2.14. The van der Waals surface area contributed by atoms with Gasteiger partial charge in [0.2, 0.25) is 0 Å². The first kappa shape index (κ1) is 13.1. The third-order valence-corrected chi connectivity index (χ3v) is 2.79. The molecule has 5 nitrogen and oxygen atoms in total. The van der Waals surface area contributed by atoms with Crippen molar-refractivity contribution < 1.29 is 4.79 Å². The van der Waals surface area contributed by atoms with Gasteiger partial charge in [-0.15, -0.1) is 0 Å². The summed E-state index contributed by atoms with van der Waals surface area (Å²) in [6.45, 7) is 2.52. The zero-order chi connectivity index (χ0) is 13.8. The van der Waals surface area contributed by atoms with Gasteiger partial charge in [-0.05, 0) is 19.1 Å². The van der Waals surface area contributed by atoms with Crippen molar-refractivity contribution in [3.05, 3.63) is 47.5 Å². The smallest absolute Gasteiger partial charge is 0.255 e. The van der Waals surface area contributed by atoms with E-state index < -0.39 is 0 Å². The van der Waals surface area contributed by atoms with E-state index in [0.29, 0.717) is 12.1 Å². The van der Waals surface area contributed by atoms with E-state index in [0.717, 1.165) is 17.2 Å². The number of para-hydroxylation sites is 1. The zero-order valence-corrected chi connectivity index (χ0v) is 11.4. The largest absolute Gasteiger partial charge is 0.379 e. The van der Waals surface area contributed by atoms with Crippen LogP contribution in [-0.2, 0) is 6.54 Å². The lowest BCUT2D eigenvalue weighted by atomic mass is 10.1. The van der Waals surface area contributed by atoms with Gasteiger partial charge in [0.25, 0.3) is 5.91 Å². The van der Waals surface area contributed by atoms with Crippen molar-refractivity contribution in [2.24, 2.45) is 0 Å². The van der Waals surface area contributed by atoms with Crippen LogP contribution in [0.25, 0.3) is 0 Å². The van der Waals surface area contributed by atoms with E-state index in [9.17, 15) is 4.79 Å². The number of aromatic nitrogens is 2. The molecule has 0 unspecified atom stereocenters. The molecule has 0 saturated carbocycles. The van der Waals surface area contributed by atoms with Gasteiger partial charge in [0.05, 0.1) is 24.0 Å². The molecule has 0 aliphatic heterocycles. The molecule has 0 bridgehead atoms. The van der Waals surface area contributed by atoms with E-state index in [4.69, 9.17) is 0 Å². The Morgan fingerprint density at radius 2 is 2.11 bits per heavy atom. The Morgan fingerprint density at radius 3 is 2.74 bits per heavy atom. The molecule has 0 fully saturated rings. The first-order chi connectivity index (χ1) is 9.08. The normalized spacial score (nSPS) is 10.3. The molecule has 0 aliphatic carbocycles. The van der Waals surface area contributed by atoms with E-state index in [1.807, 2.05) is 31.2 Å². The van der Waals surface area contributed by atoms with Crippen molar-refractivity contribution in [2.45, 2.75) is 13.5 Å². The predicted octanol–water partition coefficient (Wildman–Crippen LogP) is 2.03. The minimum absolute atomic E-state index is 0.0103. The van der Waals surface area contributed by atoms with Crippen LogP contribution >= 0.6 is 0 Å². The van der Waals surface area contributed by atoms with Crippen molar-refractivity contribution in [1.82, 2.24) is 14.9 Å². The first-order valence-electron chi connectivity index (χ1n) is 6.13. The number of carbonyl (C=O) groups excluding carboxylic acids is 1. The van der Waals surface area contributed by atoms with Crippen LogP contribution in [-0.4, -0.2) is 34.9 Å². The van der Waals surface area contributed by atoms with Crippen molar-refractivity contribution in [3.8, 4) is 0 Å². The highest BCUT2D eigenvalue weighted by Gasteiger charge is 2.12. The van der Waals surface area contributed by atoms with Crippen molar-refractivity contribution in [1.29, 1.82) is 0 Å². The standard InChI is InChI=1S/C14H18N4O/c1-10-15-8-11(17-10)9-16-13-7-5-4-6-12(13)14(19)18(2)3/h4-8,16H,9H2,1-3H3,(H,15,17). The number of carbonyl (C=O) groups is 1. The molecule has 5 heteroatoms. The summed E-state index contributed by atoms with van der Waals surface area (Å²) in [5.74, 6) is 0.873. The molecule has 1 amide bonds. The maximum Gasteiger partial charge on any atom is 0.255 e. The Labute approximate surface area is 112 Å². The Morgan fingerprint density at radius 1 is 1.37 bits per heavy atom. The number of amides is 1. The Kier molecular flexibility index (Phi) is 3.85. The summed E-state index contributed by atoms with van der Waals surface area (Å²) in [6, 6.07) is 7.50. The van der Waals surface area contributed by atoms with Gasteiger partial charge >= 0.3 is 0 Å². The molecule has 1 aromatic heterocycles. The molecular weight excluding hydrogens is 240 g/mol. The number of hydrogen-bond donors (Lipinski definition) is 2. The summed E-state index contributed by atoms with van der Waals surface area (Å²) < 4.78 is 0. The lowest BCUT2D eigenvalue weighted by Crippen LogP contribution is -2.22. The summed E-state index contributed by atoms with van der Waals surface area (Å²) in [4.78, 5) is 20.9. The summed E-state index contributed by atoms with van der Waals surface area (Å²) in [5.41, 5.74) is 2.49. The fraction of sp³-hybridized carbons (Fsp3) is 0.286. The van der Waals surface area contributed by atoms with Gasteiger partial charge in [0, 0.05) is 19.8 Å². The Hall–Kier alpha value is -2.30. The third-order valence-electron chi connectivity index (χ3n) is 2.79. The van der Waals surface area contributed by atoms with Gasteiger partial charge in [0.1, 0.15) is 5.82 Å². The second-order valence-electron chi connectivity index (χ2n) is 4.59. The monoisotopic (exact) mass is 258 g/mol. The van der Waals surface area contributed by atoms with Crippen molar-refractivity contribution in [2.75, 3.05) is 19.4 Å². The maximum atomic E-state index is 12.0. The topological polar surface area (TPSA) is 61.0 Å². The van der Waals surface area contributed by atoms with E-state index in [1.165, 1.54) is 0 Å². The zero-order valence-electron chi connectivity index (χ0n) is 11.4. The Bertz CT molecular complexity index is 574. The van der Waals surface area contributed by atoms with Gasteiger partial charge < -0.3 is 15.2 Å². The molecule has 0 aliphatic rings. The fourth-order valence-electron chi connectivity index (χ4n) is 1.82. The van der Waals surface area contributed by atoms with Crippen LogP contribution in [0, 0.1) is 6.92 Å². The lowest BCUT2D eigenvalue weighted by molar-refractivity contribution is 0.0828. The minimum atomic E-state index is -0.0103. The summed E-state index contributed by atoms with van der Waals surface area (Å²) in [5, 5.41) is 3.26. The molecule has 100 valence electrons. The molecule has 1 heterocycles. The number of imidazole rings is 1. The van der Waals surface area contributed by atoms with Gasteiger partial charge in [-0.1, -0.05) is 12.1 Å². The molecule has 2 rings (SSSR count). The third kappa shape index (κ3) is 3.13. The minimum Gasteiger partial charge on any atom is -0.379 e. The highest BCUT2D eigenvalue weighted by Crippen LogP contribution is 2.17. The number of benzene rings is 1. The first-order valence-corrected chi connectivity index (χ1v) is 6.13. The molecule has 1 aromatic carbocycles. The molecule has 2 aromatic rings. The van der Waals surface area contributed by atoms with Crippen LogP contribution in [0.15, 0.2) is 30.5 Å². The number of nitrogens with one attached hydrogen (secondary N) is 2. The molecular formula is C14H18N4O. The molecule has 0 saturated heterocycles. The fourth-order valence-corrected chi connectivity index (χ4v) is 1.82. The molecule has 19 heavy (non-hydrogen) atoms. The summed E-state index contributed by atoms with van der Waals surface area (Å²) in [6.07, 6.45) is 1.79. The average molecular weight is 258 g/mol. The second-order valence-corrected chi connectivity index (χ2v) is 4.59. The molecule has 2 N–H and O–H groups in total. The summed E-state index contributed by atoms with van der Waals surface area (Å²) in [7, 11) is 3.49. The molecule has 0 spiro atoms. The number of rotatable bonds is 4. The van der Waals surface area contributed by atoms with Crippen LogP contribution < -0.4 is 5.32 Å². The average Bonchev–Trinajstić information content (AvgIpc) is 2.81. The van der Waals surface area contributed by atoms with Crippen LogP contribution in [0.2, 0.25) is 0 Å². The van der Waals surface area contributed by atoms with E-state index >= 15 is 0 Å². The highest BCUT2D eigenvalue weighted by atomic mass is 16.2. The van der Waals surface area contributed by atoms with Crippen LogP contribution in [0.5, 0.6) is 0 Å². The molecule has 0 radical (unpaired) electrons. The van der Waals surface area contributed by atoms with Crippen LogP contribution in [0.4, 0.5) is 5.69 Å². The van der Waals surface area contributed by atoms with Crippen LogP contribution in [0.3, 0.4) is 0 Å². The van der Waals surface area contributed by atoms with Crippen molar-refractivity contribution >= 4 is 11.6 Å². The van der Waals surface area contributed by atoms with Gasteiger partial charge in [-0.3, -0.25) is 4.79 Å². The number of nitrogens with zero attached hydrogens (tertiary/aromatic N) is 2. The SMILES string of the molecule is Cc1ncc(CNc2ccccc2C(=O)N(C)C)[nH]1. The van der Waals surface area contributed by atoms with E-state index in [2.05, 4.69) is 15.3 Å². The second kappa shape index (κ2) is 5.56. The number of H-pyrrole nitrogens is 1. The van der Waals surface area contributed by atoms with Crippen molar-refractivity contribution in [3.63, 3.8) is 0 Å². The lowest BCUT2D eigenvalue weighted by Gasteiger charge is -2.14. The van der Waals surface area contributed by atoms with Gasteiger partial charge in [-0.2, -0.15) is 0 Å². The van der Waals surface area contributed by atoms with Crippen LogP contribution in [0.1, 0.15) is 21.9 Å². The number of aromatic amines is 1. The maximum absolute atomic E-state index is 12.0. The quantitative estimate of drug-likeness (QED) is 0.882. The number of hydrogen-bond acceptors (Lipinski definition) is 3. The highest BCUT2D eigenvalue weighted by molar-refractivity contribution is 5.99. The van der Waals surface area contributed by atoms with E-state index in [1.54, 1.807) is 25.2 Å². The van der Waals surface area contributed by atoms with E-state index in [-0.39, 0.29) is 5.91 Å². The number of aryl methyl sites for hydroxylation is 1. The van der Waals surface area contributed by atoms with Gasteiger partial charge in [-0.25, -0.2) is 4.98 Å². The number of anilines is 1. The predicted molar refractivity (Wildman–Crippen MR) is 75.1 cm³/mol. The van der Waals surface area contributed by atoms with Gasteiger partial charge in [0.15, 0.2) is 0 Å². The summed E-state index contributed by atoms with van der Waals surface area (Å²) >= 11 is 0. The molecule has 0 atom stereocenters.